The summed E-state index contributed by atoms with van der Waals surface area (Å²) in [6, 6.07) is 11.6. The number of likely N-dealkylation sites (tertiary alicyclic amines) is 1. The zero-order valence-electron chi connectivity index (χ0n) is 13.9. The second-order valence-corrected chi connectivity index (χ2v) is 6.88. The van der Waals surface area contributed by atoms with Crippen LogP contribution in [0.5, 0.6) is 0 Å². The van der Waals surface area contributed by atoms with Gasteiger partial charge in [0.15, 0.2) is 0 Å². The van der Waals surface area contributed by atoms with Crippen LogP contribution < -0.4 is 5.32 Å². The van der Waals surface area contributed by atoms with Gasteiger partial charge in [-0.15, -0.1) is 0 Å². The van der Waals surface area contributed by atoms with Crippen molar-refractivity contribution in [3.05, 3.63) is 35.9 Å². The molecule has 0 aliphatic carbocycles. The van der Waals surface area contributed by atoms with E-state index in [1.54, 1.807) is 0 Å². The van der Waals surface area contributed by atoms with Crippen molar-refractivity contribution in [2.24, 2.45) is 5.92 Å². The third-order valence-corrected chi connectivity index (χ3v) is 4.48. The maximum absolute atomic E-state index is 3.75. The first-order chi connectivity index (χ1) is 10.2. The summed E-state index contributed by atoms with van der Waals surface area (Å²) in [7, 11) is 0. The molecule has 0 aromatic heterocycles. The highest BCUT2D eigenvalue weighted by Crippen LogP contribution is 2.14. The Hall–Kier alpha value is -0.860. The Morgan fingerprint density at radius 3 is 2.48 bits per heavy atom. The number of benzene rings is 1. The summed E-state index contributed by atoms with van der Waals surface area (Å²) >= 11 is 0. The molecule has 0 saturated carbocycles. The first kappa shape index (κ1) is 16.5. The molecular weight excluding hydrogens is 256 g/mol. The minimum atomic E-state index is 0.746. The van der Waals surface area contributed by atoms with Gasteiger partial charge in [-0.1, -0.05) is 57.0 Å². The zero-order chi connectivity index (χ0) is 14.9. The summed E-state index contributed by atoms with van der Waals surface area (Å²) in [4.78, 5) is 2.59. The topological polar surface area (TPSA) is 15.3 Å². The zero-order valence-corrected chi connectivity index (χ0v) is 13.9. The van der Waals surface area contributed by atoms with Crippen LogP contribution in [0.3, 0.4) is 0 Å². The first-order valence-corrected chi connectivity index (χ1v) is 8.73. The van der Waals surface area contributed by atoms with E-state index < -0.39 is 0 Å². The lowest BCUT2D eigenvalue weighted by Gasteiger charge is -2.32. The highest BCUT2D eigenvalue weighted by molar-refractivity contribution is 5.14. The lowest BCUT2D eigenvalue weighted by atomic mass is 10.0. The van der Waals surface area contributed by atoms with Crippen LogP contribution in [0.25, 0.3) is 0 Å². The smallest absolute Gasteiger partial charge is 0.0233 e. The average Bonchev–Trinajstić information content (AvgIpc) is 2.49. The van der Waals surface area contributed by atoms with Gasteiger partial charge in [0.1, 0.15) is 0 Å². The summed E-state index contributed by atoms with van der Waals surface area (Å²) in [6.45, 7) is 9.42. The normalized spacial score (nSPS) is 17.5. The van der Waals surface area contributed by atoms with Gasteiger partial charge in [-0.3, -0.25) is 4.90 Å². The predicted molar refractivity (Wildman–Crippen MR) is 91.4 cm³/mol. The number of nitrogens with one attached hydrogen (secondary N) is 1. The molecule has 1 N–H and O–H groups in total. The fourth-order valence-corrected chi connectivity index (χ4v) is 3.12. The number of rotatable bonds is 8. The molecule has 1 aliphatic rings. The number of hydrogen-bond donors (Lipinski definition) is 1. The van der Waals surface area contributed by atoms with Crippen molar-refractivity contribution in [2.45, 2.75) is 58.5 Å². The lowest BCUT2D eigenvalue weighted by molar-refractivity contribution is 0.190. The van der Waals surface area contributed by atoms with Crippen LogP contribution in [-0.4, -0.2) is 30.6 Å². The highest BCUT2D eigenvalue weighted by atomic mass is 15.1. The largest absolute Gasteiger partial charge is 0.314 e. The monoisotopic (exact) mass is 288 g/mol. The summed E-state index contributed by atoms with van der Waals surface area (Å²) in [6.07, 6.45) is 6.69. The first-order valence-electron chi connectivity index (χ1n) is 8.73. The molecule has 0 atom stereocenters. The lowest BCUT2D eigenvalue weighted by Crippen LogP contribution is -2.42. The molecule has 0 unspecified atom stereocenters. The van der Waals surface area contributed by atoms with Crippen molar-refractivity contribution in [3.63, 3.8) is 0 Å². The Bertz CT molecular complexity index is 366. The molecule has 1 fully saturated rings. The molecule has 2 nitrogen and oxygen atoms in total. The Morgan fingerprint density at radius 2 is 1.81 bits per heavy atom. The van der Waals surface area contributed by atoms with Crippen LogP contribution in [-0.2, 0) is 6.54 Å². The Morgan fingerprint density at radius 1 is 1.10 bits per heavy atom. The molecule has 1 aromatic carbocycles. The molecule has 0 radical (unpaired) electrons. The van der Waals surface area contributed by atoms with Gasteiger partial charge in [0, 0.05) is 12.6 Å². The molecule has 1 heterocycles. The third-order valence-electron chi connectivity index (χ3n) is 4.48. The molecule has 1 saturated heterocycles. The molecule has 0 spiro atoms. The summed E-state index contributed by atoms with van der Waals surface area (Å²) < 4.78 is 0. The quantitative estimate of drug-likeness (QED) is 0.726. The van der Waals surface area contributed by atoms with E-state index in [2.05, 4.69) is 54.4 Å². The summed E-state index contributed by atoms with van der Waals surface area (Å²) in [5, 5.41) is 3.75. The third kappa shape index (κ3) is 6.62. The van der Waals surface area contributed by atoms with Crippen molar-refractivity contribution < 1.29 is 0 Å². The van der Waals surface area contributed by atoms with E-state index in [9.17, 15) is 0 Å². The molecule has 0 bridgehead atoms. The van der Waals surface area contributed by atoms with E-state index in [-0.39, 0.29) is 0 Å². The van der Waals surface area contributed by atoms with Gasteiger partial charge in [0.05, 0.1) is 0 Å². The van der Waals surface area contributed by atoms with Crippen LogP contribution in [0.2, 0.25) is 0 Å². The van der Waals surface area contributed by atoms with Crippen molar-refractivity contribution in [2.75, 3.05) is 19.6 Å². The molecule has 21 heavy (non-hydrogen) atoms. The van der Waals surface area contributed by atoms with Crippen LogP contribution in [0, 0.1) is 5.92 Å². The molecule has 0 amide bonds. The van der Waals surface area contributed by atoms with E-state index in [1.807, 2.05) is 0 Å². The molecular formula is C19H32N2. The fraction of sp³-hybridized carbons (Fsp3) is 0.684. The van der Waals surface area contributed by atoms with E-state index in [4.69, 9.17) is 0 Å². The van der Waals surface area contributed by atoms with Gasteiger partial charge < -0.3 is 5.32 Å². The predicted octanol–water partition coefficient (Wildman–Crippen LogP) is 4.07. The summed E-state index contributed by atoms with van der Waals surface area (Å²) in [5.41, 5.74) is 1.44. The van der Waals surface area contributed by atoms with Crippen LogP contribution in [0.4, 0.5) is 0 Å². The highest BCUT2D eigenvalue weighted by Gasteiger charge is 2.18. The van der Waals surface area contributed by atoms with E-state index in [1.165, 1.54) is 57.3 Å². The van der Waals surface area contributed by atoms with Crippen LogP contribution >= 0.6 is 0 Å². The molecule has 2 heteroatoms. The second-order valence-electron chi connectivity index (χ2n) is 6.88. The summed E-state index contributed by atoms with van der Waals surface area (Å²) in [5.74, 6) is 0.853. The Balaban J connectivity index is 1.56. The van der Waals surface area contributed by atoms with Gasteiger partial charge in [-0.05, 0) is 50.4 Å². The van der Waals surface area contributed by atoms with Crippen LogP contribution in [0.15, 0.2) is 30.3 Å². The van der Waals surface area contributed by atoms with Crippen LogP contribution in [0.1, 0.15) is 51.5 Å². The SMILES string of the molecule is CC(C)CCCCNC1CCN(Cc2ccccc2)CC1. The van der Waals surface area contributed by atoms with Gasteiger partial charge in [0.2, 0.25) is 0 Å². The van der Waals surface area contributed by atoms with E-state index in [0.717, 1.165) is 18.5 Å². The minimum absolute atomic E-state index is 0.746. The maximum Gasteiger partial charge on any atom is 0.0233 e. The Labute approximate surface area is 130 Å². The number of nitrogens with zero attached hydrogens (tertiary/aromatic N) is 1. The van der Waals surface area contributed by atoms with Crippen molar-refractivity contribution in [1.29, 1.82) is 0 Å². The average molecular weight is 288 g/mol. The Kier molecular flexibility index (Phi) is 7.25. The van der Waals surface area contributed by atoms with Crippen molar-refractivity contribution in [1.82, 2.24) is 10.2 Å². The van der Waals surface area contributed by atoms with E-state index in [0.29, 0.717) is 0 Å². The van der Waals surface area contributed by atoms with Gasteiger partial charge in [-0.25, -0.2) is 0 Å². The maximum atomic E-state index is 3.75. The van der Waals surface area contributed by atoms with Gasteiger partial charge in [0.25, 0.3) is 0 Å². The minimum Gasteiger partial charge on any atom is -0.314 e. The van der Waals surface area contributed by atoms with Gasteiger partial charge >= 0.3 is 0 Å². The fourth-order valence-electron chi connectivity index (χ4n) is 3.12. The molecule has 1 aliphatic heterocycles. The number of piperidine rings is 1. The molecule has 118 valence electrons. The standard InChI is InChI=1S/C19H32N2/c1-17(2)8-6-7-13-20-19-11-14-21(15-12-19)16-18-9-4-3-5-10-18/h3-5,9-10,17,19-20H,6-8,11-16H2,1-2H3. The second kappa shape index (κ2) is 9.22. The van der Waals surface area contributed by atoms with E-state index >= 15 is 0 Å². The molecule has 2 rings (SSSR count). The van der Waals surface area contributed by atoms with Crippen molar-refractivity contribution >= 4 is 0 Å². The van der Waals surface area contributed by atoms with Gasteiger partial charge in [-0.2, -0.15) is 0 Å². The number of unbranched alkanes of at least 4 members (excludes halogenated alkanes) is 1. The van der Waals surface area contributed by atoms with Crippen molar-refractivity contribution in [3.8, 4) is 0 Å². The molecule has 1 aromatic rings. The number of hydrogen-bond acceptors (Lipinski definition) is 2.